The molecule has 1 amide bonds. The Morgan fingerprint density at radius 3 is 2.54 bits per heavy atom. The largest absolute Gasteiger partial charge is 0.444 e. The summed E-state index contributed by atoms with van der Waals surface area (Å²) < 4.78 is 7.18. The van der Waals surface area contributed by atoms with Crippen LogP contribution >= 0.6 is 0 Å². The topological polar surface area (TPSA) is 76.8 Å². The zero-order chi connectivity index (χ0) is 18.5. The Labute approximate surface area is 152 Å². The van der Waals surface area contributed by atoms with Gasteiger partial charge in [0.05, 0.1) is 11.8 Å². The molecule has 7 nitrogen and oxygen atoms in total. The van der Waals surface area contributed by atoms with Crippen molar-refractivity contribution in [2.45, 2.75) is 64.1 Å². The number of rotatable bonds is 2. The highest BCUT2D eigenvalue weighted by atomic mass is 16.6. The minimum Gasteiger partial charge on any atom is -0.444 e. The molecule has 0 radical (unpaired) electrons. The van der Waals surface area contributed by atoms with Gasteiger partial charge in [-0.1, -0.05) is 0 Å². The van der Waals surface area contributed by atoms with Crippen molar-refractivity contribution in [3.05, 3.63) is 30.2 Å². The number of Topliss-reactive ketones (excluding diaryl/α,β-unsaturated/α-hetero) is 1. The number of hydrogen-bond acceptors (Lipinski definition) is 5. The monoisotopic (exact) mass is 356 g/mol. The third kappa shape index (κ3) is 3.06. The number of piperidine rings is 1. The van der Waals surface area contributed by atoms with E-state index in [2.05, 4.69) is 10.1 Å². The Morgan fingerprint density at radius 1 is 1.19 bits per heavy atom. The van der Waals surface area contributed by atoms with Gasteiger partial charge in [0.1, 0.15) is 5.60 Å². The zero-order valence-corrected chi connectivity index (χ0v) is 15.4. The second kappa shape index (κ2) is 6.07. The van der Waals surface area contributed by atoms with Gasteiger partial charge in [-0.05, 0) is 46.5 Å². The lowest BCUT2D eigenvalue weighted by atomic mass is 9.85. The molecule has 0 N–H and O–H groups in total. The molecule has 2 aliphatic heterocycles. The van der Waals surface area contributed by atoms with E-state index >= 15 is 0 Å². The molecule has 2 bridgehead atoms. The Kier molecular flexibility index (Phi) is 3.97. The Bertz CT molecular complexity index is 840. The predicted molar refractivity (Wildman–Crippen MR) is 94.9 cm³/mol. The minimum atomic E-state index is -0.506. The molecule has 0 saturated carbocycles. The third-order valence-corrected chi connectivity index (χ3v) is 5.24. The van der Waals surface area contributed by atoms with Crippen LogP contribution in [0.15, 0.2) is 24.7 Å². The summed E-state index contributed by atoms with van der Waals surface area (Å²) in [6.45, 7) is 5.63. The normalized spacial score (nSPS) is 25.5. The van der Waals surface area contributed by atoms with Crippen LogP contribution in [0.5, 0.6) is 0 Å². The molecule has 2 aromatic heterocycles. The van der Waals surface area contributed by atoms with Crippen LogP contribution in [-0.4, -0.2) is 49.1 Å². The summed E-state index contributed by atoms with van der Waals surface area (Å²) in [5.41, 5.74) is 0.797. The molecule has 2 fully saturated rings. The van der Waals surface area contributed by atoms with Gasteiger partial charge in [0, 0.05) is 36.5 Å². The molecule has 4 heterocycles. The number of ketones is 1. The number of ether oxygens (including phenoxy) is 1. The van der Waals surface area contributed by atoms with E-state index in [4.69, 9.17) is 4.74 Å². The van der Waals surface area contributed by atoms with Crippen molar-refractivity contribution in [2.24, 2.45) is 5.92 Å². The standard InChI is InChI=1S/C19H24N4O3/c1-19(2,3)26-18(25)23-14-4-5-15(23)9-12(8-14)17(24)13-10-20-16-6-7-21-22(16)11-13/h6-7,10-12,14-15H,4-5,8-9H2,1-3H3. The molecule has 2 saturated heterocycles. The maximum Gasteiger partial charge on any atom is 0.410 e. The van der Waals surface area contributed by atoms with Gasteiger partial charge in [0.2, 0.25) is 0 Å². The molecule has 0 aliphatic carbocycles. The van der Waals surface area contributed by atoms with Crippen LogP contribution in [0.2, 0.25) is 0 Å². The van der Waals surface area contributed by atoms with E-state index in [-0.39, 0.29) is 29.9 Å². The van der Waals surface area contributed by atoms with Gasteiger partial charge in [-0.25, -0.2) is 14.3 Å². The lowest BCUT2D eigenvalue weighted by Crippen LogP contribution is -2.49. The van der Waals surface area contributed by atoms with Crippen LogP contribution in [-0.2, 0) is 4.74 Å². The van der Waals surface area contributed by atoms with Crippen LogP contribution in [0.25, 0.3) is 5.65 Å². The lowest BCUT2D eigenvalue weighted by molar-refractivity contribution is 0.00253. The summed E-state index contributed by atoms with van der Waals surface area (Å²) >= 11 is 0. The van der Waals surface area contributed by atoms with E-state index in [9.17, 15) is 9.59 Å². The predicted octanol–water partition coefficient (Wildman–Crippen LogP) is 3.09. The van der Waals surface area contributed by atoms with Crippen LogP contribution in [0.3, 0.4) is 0 Å². The lowest BCUT2D eigenvalue weighted by Gasteiger charge is -2.39. The number of aromatic nitrogens is 3. The van der Waals surface area contributed by atoms with E-state index in [1.165, 1.54) is 0 Å². The SMILES string of the molecule is CC(C)(C)OC(=O)N1C2CCC1CC(C(=O)c1cnc3ccnn3c1)C2. The van der Waals surface area contributed by atoms with E-state index in [0.717, 1.165) is 18.5 Å². The fourth-order valence-electron chi connectivity index (χ4n) is 4.18. The summed E-state index contributed by atoms with van der Waals surface area (Å²) in [6, 6.07) is 1.96. The summed E-state index contributed by atoms with van der Waals surface area (Å²) in [5, 5.41) is 4.15. The maximum absolute atomic E-state index is 13.0. The van der Waals surface area contributed by atoms with E-state index < -0.39 is 5.60 Å². The average molecular weight is 356 g/mol. The minimum absolute atomic E-state index is 0.0824. The smallest absolute Gasteiger partial charge is 0.410 e. The van der Waals surface area contributed by atoms with Gasteiger partial charge in [-0.3, -0.25) is 4.79 Å². The van der Waals surface area contributed by atoms with Gasteiger partial charge in [-0.2, -0.15) is 5.10 Å². The van der Waals surface area contributed by atoms with Crippen molar-refractivity contribution in [3.63, 3.8) is 0 Å². The molecule has 2 atom stereocenters. The van der Waals surface area contributed by atoms with E-state index in [1.54, 1.807) is 29.2 Å². The highest BCUT2D eigenvalue weighted by Crippen LogP contribution is 2.40. The molecule has 26 heavy (non-hydrogen) atoms. The first-order chi connectivity index (χ1) is 12.3. The van der Waals surface area contributed by atoms with Gasteiger partial charge in [0.25, 0.3) is 0 Å². The fourth-order valence-corrected chi connectivity index (χ4v) is 4.18. The molecular formula is C19H24N4O3. The number of amides is 1. The van der Waals surface area contributed by atoms with E-state index in [0.29, 0.717) is 18.4 Å². The van der Waals surface area contributed by atoms with Crippen molar-refractivity contribution in [1.82, 2.24) is 19.5 Å². The number of carbonyl (C=O) groups is 2. The Morgan fingerprint density at radius 2 is 1.88 bits per heavy atom. The molecule has 138 valence electrons. The van der Waals surface area contributed by atoms with Crippen molar-refractivity contribution in [2.75, 3.05) is 0 Å². The highest BCUT2D eigenvalue weighted by molar-refractivity contribution is 5.97. The van der Waals surface area contributed by atoms with Gasteiger partial charge < -0.3 is 9.64 Å². The quantitative estimate of drug-likeness (QED) is 0.773. The first-order valence-corrected chi connectivity index (χ1v) is 9.17. The third-order valence-electron chi connectivity index (χ3n) is 5.24. The molecule has 2 aliphatic rings. The van der Waals surface area contributed by atoms with Crippen LogP contribution in [0.4, 0.5) is 4.79 Å². The van der Waals surface area contributed by atoms with Gasteiger partial charge in [0.15, 0.2) is 11.4 Å². The number of nitrogens with zero attached hydrogens (tertiary/aromatic N) is 4. The molecule has 0 aromatic carbocycles. The zero-order valence-electron chi connectivity index (χ0n) is 15.4. The van der Waals surface area contributed by atoms with Gasteiger partial charge >= 0.3 is 6.09 Å². The molecular weight excluding hydrogens is 332 g/mol. The fraction of sp³-hybridized carbons (Fsp3) is 0.579. The Hall–Kier alpha value is -2.44. The first-order valence-electron chi connectivity index (χ1n) is 9.17. The average Bonchev–Trinajstić information content (AvgIpc) is 3.14. The van der Waals surface area contributed by atoms with E-state index in [1.807, 2.05) is 25.7 Å². The molecule has 7 heteroatoms. The van der Waals surface area contributed by atoms with Crippen molar-refractivity contribution < 1.29 is 14.3 Å². The number of hydrogen-bond donors (Lipinski definition) is 0. The van der Waals surface area contributed by atoms with Crippen LogP contribution < -0.4 is 0 Å². The second-order valence-corrected chi connectivity index (χ2v) is 8.28. The summed E-state index contributed by atoms with van der Waals surface area (Å²) in [6.07, 6.45) is 8.02. The number of carbonyl (C=O) groups excluding carboxylic acids is 2. The van der Waals surface area contributed by atoms with Gasteiger partial charge in [-0.15, -0.1) is 0 Å². The second-order valence-electron chi connectivity index (χ2n) is 8.28. The molecule has 2 unspecified atom stereocenters. The highest BCUT2D eigenvalue weighted by Gasteiger charge is 2.46. The van der Waals surface area contributed by atoms with Crippen LogP contribution in [0.1, 0.15) is 56.8 Å². The Balaban J connectivity index is 1.49. The molecule has 0 spiro atoms. The molecule has 4 rings (SSSR count). The van der Waals surface area contributed by atoms with Crippen molar-refractivity contribution in [1.29, 1.82) is 0 Å². The summed E-state index contributed by atoms with van der Waals surface area (Å²) in [5.74, 6) is 0.0108. The van der Waals surface area contributed by atoms with Crippen LogP contribution in [0, 0.1) is 5.92 Å². The number of fused-ring (bicyclic) bond motifs is 3. The molecule has 2 aromatic rings. The van der Waals surface area contributed by atoms with Crippen molar-refractivity contribution >= 4 is 17.5 Å². The maximum atomic E-state index is 13.0. The first kappa shape index (κ1) is 17.0. The van der Waals surface area contributed by atoms with Crippen molar-refractivity contribution in [3.8, 4) is 0 Å². The summed E-state index contributed by atoms with van der Waals surface area (Å²) in [7, 11) is 0. The summed E-state index contributed by atoms with van der Waals surface area (Å²) in [4.78, 5) is 31.7.